The normalized spacial score (nSPS) is 16.3. The molecule has 1 aromatic rings. The standard InChI is InChI=1S/C10H15N3O2S/c11-5-9-3-4-10(7-12-9)16(14,15)13-6-8-1-2-8/h3-4,7-8,13H,1-2,5-6,11H2. The number of sulfonamides is 1. The lowest BCUT2D eigenvalue weighted by molar-refractivity contribution is 0.577. The zero-order valence-electron chi connectivity index (χ0n) is 8.89. The molecule has 3 N–H and O–H groups in total. The van der Waals surface area contributed by atoms with E-state index in [4.69, 9.17) is 5.73 Å². The first kappa shape index (κ1) is 11.5. The van der Waals surface area contributed by atoms with Crippen LogP contribution in [0.25, 0.3) is 0 Å². The summed E-state index contributed by atoms with van der Waals surface area (Å²) in [7, 11) is -3.39. The monoisotopic (exact) mass is 241 g/mol. The minimum absolute atomic E-state index is 0.199. The largest absolute Gasteiger partial charge is 0.325 e. The molecule has 0 aromatic carbocycles. The molecule has 0 bridgehead atoms. The zero-order valence-corrected chi connectivity index (χ0v) is 9.70. The summed E-state index contributed by atoms with van der Waals surface area (Å²) < 4.78 is 26.1. The summed E-state index contributed by atoms with van der Waals surface area (Å²) >= 11 is 0. The van der Waals surface area contributed by atoms with Crippen molar-refractivity contribution in [1.29, 1.82) is 0 Å². The van der Waals surface area contributed by atoms with Crippen molar-refractivity contribution >= 4 is 10.0 Å². The topological polar surface area (TPSA) is 85.1 Å². The van der Waals surface area contributed by atoms with Crippen LogP contribution in [0.4, 0.5) is 0 Å². The van der Waals surface area contributed by atoms with Crippen LogP contribution < -0.4 is 10.5 Å². The predicted molar refractivity (Wildman–Crippen MR) is 60.0 cm³/mol. The van der Waals surface area contributed by atoms with Gasteiger partial charge in [0.25, 0.3) is 0 Å². The molecule has 0 aliphatic heterocycles. The summed E-state index contributed by atoms with van der Waals surface area (Å²) in [6, 6.07) is 3.16. The van der Waals surface area contributed by atoms with Crippen LogP contribution in [-0.4, -0.2) is 19.9 Å². The number of aromatic nitrogens is 1. The Hall–Kier alpha value is -0.980. The Morgan fingerprint density at radius 3 is 2.69 bits per heavy atom. The smallest absolute Gasteiger partial charge is 0.242 e. The van der Waals surface area contributed by atoms with Gasteiger partial charge in [-0.2, -0.15) is 0 Å². The highest BCUT2D eigenvalue weighted by molar-refractivity contribution is 7.89. The summed E-state index contributed by atoms with van der Waals surface area (Å²) in [5.41, 5.74) is 6.07. The molecule has 0 unspecified atom stereocenters. The van der Waals surface area contributed by atoms with Gasteiger partial charge in [-0.05, 0) is 30.9 Å². The molecule has 6 heteroatoms. The van der Waals surface area contributed by atoms with Crippen LogP contribution in [0, 0.1) is 5.92 Å². The van der Waals surface area contributed by atoms with Crippen LogP contribution in [0.5, 0.6) is 0 Å². The molecule has 1 heterocycles. The van der Waals surface area contributed by atoms with E-state index in [1.807, 2.05) is 0 Å². The van der Waals surface area contributed by atoms with E-state index in [0.29, 0.717) is 24.7 Å². The molecule has 88 valence electrons. The van der Waals surface area contributed by atoms with Gasteiger partial charge in [-0.25, -0.2) is 13.1 Å². The number of pyridine rings is 1. The highest BCUT2D eigenvalue weighted by Crippen LogP contribution is 2.28. The fourth-order valence-electron chi connectivity index (χ4n) is 1.32. The van der Waals surface area contributed by atoms with E-state index >= 15 is 0 Å². The summed E-state index contributed by atoms with van der Waals surface area (Å²) in [6.07, 6.45) is 3.58. The average molecular weight is 241 g/mol. The molecule has 0 radical (unpaired) electrons. The predicted octanol–water partition coefficient (Wildman–Crippen LogP) is 0.229. The minimum Gasteiger partial charge on any atom is -0.325 e. The van der Waals surface area contributed by atoms with Gasteiger partial charge in [0.2, 0.25) is 10.0 Å². The molecular weight excluding hydrogens is 226 g/mol. The quantitative estimate of drug-likeness (QED) is 0.772. The van der Waals surface area contributed by atoms with Crippen molar-refractivity contribution in [2.75, 3.05) is 6.54 Å². The lowest BCUT2D eigenvalue weighted by Gasteiger charge is -2.05. The van der Waals surface area contributed by atoms with E-state index in [1.54, 1.807) is 6.07 Å². The van der Waals surface area contributed by atoms with Gasteiger partial charge >= 0.3 is 0 Å². The van der Waals surface area contributed by atoms with Gasteiger partial charge in [0.15, 0.2) is 0 Å². The van der Waals surface area contributed by atoms with Crippen molar-refractivity contribution in [3.63, 3.8) is 0 Å². The molecule has 5 nitrogen and oxygen atoms in total. The molecular formula is C10H15N3O2S. The zero-order chi connectivity index (χ0) is 11.6. The maximum atomic E-state index is 11.8. The molecule has 1 saturated carbocycles. The average Bonchev–Trinajstić information content (AvgIpc) is 3.10. The van der Waals surface area contributed by atoms with Crippen molar-refractivity contribution in [3.05, 3.63) is 24.0 Å². The number of hydrogen-bond acceptors (Lipinski definition) is 4. The Bertz CT molecular complexity index is 451. The van der Waals surface area contributed by atoms with Crippen LogP contribution in [0.3, 0.4) is 0 Å². The number of nitrogens with two attached hydrogens (primary N) is 1. The van der Waals surface area contributed by atoms with E-state index < -0.39 is 10.0 Å². The Kier molecular flexibility index (Phi) is 3.22. The van der Waals surface area contributed by atoms with Gasteiger partial charge in [-0.15, -0.1) is 0 Å². The maximum Gasteiger partial charge on any atom is 0.242 e. The van der Waals surface area contributed by atoms with Crippen LogP contribution in [0.1, 0.15) is 18.5 Å². The molecule has 1 aliphatic rings. The van der Waals surface area contributed by atoms with Gasteiger partial charge in [0, 0.05) is 19.3 Å². The van der Waals surface area contributed by atoms with Crippen LogP contribution >= 0.6 is 0 Å². The van der Waals surface area contributed by atoms with Crippen molar-refractivity contribution in [1.82, 2.24) is 9.71 Å². The fourth-order valence-corrected chi connectivity index (χ4v) is 2.38. The Balaban J connectivity index is 2.07. The Morgan fingerprint density at radius 1 is 1.44 bits per heavy atom. The molecule has 0 saturated heterocycles. The molecule has 2 rings (SSSR count). The van der Waals surface area contributed by atoms with Crippen LogP contribution in [0.15, 0.2) is 23.2 Å². The summed E-state index contributed by atoms with van der Waals surface area (Å²) in [6.45, 7) is 0.844. The number of rotatable bonds is 5. The van der Waals surface area contributed by atoms with Crippen molar-refractivity contribution < 1.29 is 8.42 Å². The lowest BCUT2D eigenvalue weighted by atomic mass is 10.4. The maximum absolute atomic E-state index is 11.8. The molecule has 16 heavy (non-hydrogen) atoms. The SMILES string of the molecule is NCc1ccc(S(=O)(=O)NCC2CC2)cn1. The molecule has 0 amide bonds. The molecule has 0 spiro atoms. The second-order valence-corrected chi connectivity index (χ2v) is 5.75. The third kappa shape index (κ3) is 2.78. The van der Waals surface area contributed by atoms with Gasteiger partial charge in [0.05, 0.1) is 5.69 Å². The summed E-state index contributed by atoms with van der Waals surface area (Å²) in [4.78, 5) is 4.16. The second kappa shape index (κ2) is 4.48. The number of hydrogen-bond donors (Lipinski definition) is 2. The molecule has 1 aliphatic carbocycles. The second-order valence-electron chi connectivity index (χ2n) is 3.98. The third-order valence-corrected chi connectivity index (χ3v) is 3.98. The first-order valence-corrected chi connectivity index (χ1v) is 6.75. The first-order valence-electron chi connectivity index (χ1n) is 5.26. The molecule has 0 atom stereocenters. The number of nitrogens with zero attached hydrogens (tertiary/aromatic N) is 1. The van der Waals surface area contributed by atoms with E-state index in [-0.39, 0.29) is 4.90 Å². The summed E-state index contributed by atoms with van der Waals surface area (Å²) in [5, 5.41) is 0. The van der Waals surface area contributed by atoms with E-state index in [0.717, 1.165) is 12.8 Å². The Morgan fingerprint density at radius 2 is 2.19 bits per heavy atom. The van der Waals surface area contributed by atoms with E-state index in [2.05, 4.69) is 9.71 Å². The minimum atomic E-state index is -3.39. The van der Waals surface area contributed by atoms with Crippen LogP contribution in [0.2, 0.25) is 0 Å². The van der Waals surface area contributed by atoms with Gasteiger partial charge in [-0.3, -0.25) is 4.98 Å². The van der Waals surface area contributed by atoms with E-state index in [1.165, 1.54) is 12.3 Å². The molecule has 1 fully saturated rings. The lowest BCUT2D eigenvalue weighted by Crippen LogP contribution is -2.26. The number of nitrogens with one attached hydrogen (secondary N) is 1. The van der Waals surface area contributed by atoms with Crippen LogP contribution in [-0.2, 0) is 16.6 Å². The van der Waals surface area contributed by atoms with Crippen molar-refractivity contribution in [2.45, 2.75) is 24.3 Å². The molecule has 1 aromatic heterocycles. The van der Waals surface area contributed by atoms with Gasteiger partial charge in [-0.1, -0.05) is 0 Å². The van der Waals surface area contributed by atoms with Gasteiger partial charge in [0.1, 0.15) is 4.90 Å². The van der Waals surface area contributed by atoms with Crippen molar-refractivity contribution in [2.24, 2.45) is 11.7 Å². The van der Waals surface area contributed by atoms with E-state index in [9.17, 15) is 8.42 Å². The first-order chi connectivity index (χ1) is 7.62. The fraction of sp³-hybridized carbons (Fsp3) is 0.500. The highest BCUT2D eigenvalue weighted by atomic mass is 32.2. The van der Waals surface area contributed by atoms with Crippen molar-refractivity contribution in [3.8, 4) is 0 Å². The summed E-state index contributed by atoms with van der Waals surface area (Å²) in [5.74, 6) is 0.519. The Labute approximate surface area is 95.1 Å². The van der Waals surface area contributed by atoms with Gasteiger partial charge < -0.3 is 5.73 Å². The third-order valence-electron chi connectivity index (χ3n) is 2.58. The highest BCUT2D eigenvalue weighted by Gasteiger charge is 2.24.